The Labute approximate surface area is 87.9 Å². The van der Waals surface area contributed by atoms with Crippen LogP contribution < -0.4 is 5.32 Å². The number of hydrogen-bond donors (Lipinski definition) is 2. The first kappa shape index (κ1) is 9.92. The van der Waals surface area contributed by atoms with Crippen LogP contribution >= 0.6 is 0 Å². The van der Waals surface area contributed by atoms with E-state index >= 15 is 0 Å². The summed E-state index contributed by atoms with van der Waals surface area (Å²) < 4.78 is 5.28. The van der Waals surface area contributed by atoms with E-state index in [9.17, 15) is 0 Å². The van der Waals surface area contributed by atoms with Crippen LogP contribution in [-0.2, 0) is 6.54 Å². The van der Waals surface area contributed by atoms with Crippen molar-refractivity contribution in [2.75, 3.05) is 0 Å². The van der Waals surface area contributed by atoms with Crippen LogP contribution in [0, 0.1) is 6.92 Å². The zero-order valence-electron chi connectivity index (χ0n) is 8.82. The van der Waals surface area contributed by atoms with Crippen molar-refractivity contribution in [2.24, 2.45) is 0 Å². The quantitative estimate of drug-likeness (QED) is 0.796. The molecule has 2 aromatic heterocycles. The second-order valence-electron chi connectivity index (χ2n) is 3.46. The van der Waals surface area contributed by atoms with Crippen molar-refractivity contribution in [3.63, 3.8) is 0 Å². The van der Waals surface area contributed by atoms with Gasteiger partial charge in [-0.3, -0.25) is 5.10 Å². The van der Waals surface area contributed by atoms with Gasteiger partial charge in [-0.05, 0) is 26.0 Å². The molecule has 0 aromatic carbocycles. The molecule has 5 nitrogen and oxygen atoms in total. The van der Waals surface area contributed by atoms with E-state index in [0.717, 1.165) is 17.4 Å². The Bertz CT molecular complexity index is 407. The van der Waals surface area contributed by atoms with Crippen molar-refractivity contribution < 1.29 is 4.42 Å². The Morgan fingerprint density at radius 2 is 2.47 bits per heavy atom. The van der Waals surface area contributed by atoms with Gasteiger partial charge in [-0.15, -0.1) is 0 Å². The van der Waals surface area contributed by atoms with E-state index in [0.29, 0.717) is 6.54 Å². The van der Waals surface area contributed by atoms with E-state index in [1.54, 1.807) is 6.26 Å². The van der Waals surface area contributed by atoms with E-state index < -0.39 is 0 Å². The molecule has 0 fully saturated rings. The standard InChI is InChI=1S/C10H14N4O/c1-7(9-4-3-5-15-9)11-6-10-12-8(2)13-14-10/h3-5,7,11H,6H2,1-2H3,(H,12,13,14). The first-order valence-electron chi connectivity index (χ1n) is 4.90. The number of hydrogen-bond acceptors (Lipinski definition) is 4. The Kier molecular flexibility index (Phi) is 2.82. The molecule has 5 heteroatoms. The predicted octanol–water partition coefficient (Wildman–Crippen LogP) is 1.56. The highest BCUT2D eigenvalue weighted by Gasteiger charge is 2.08. The summed E-state index contributed by atoms with van der Waals surface area (Å²) in [6.07, 6.45) is 1.67. The lowest BCUT2D eigenvalue weighted by atomic mass is 10.2. The summed E-state index contributed by atoms with van der Waals surface area (Å²) >= 11 is 0. The van der Waals surface area contributed by atoms with Crippen LogP contribution in [0.3, 0.4) is 0 Å². The van der Waals surface area contributed by atoms with Gasteiger partial charge in [-0.1, -0.05) is 0 Å². The Hall–Kier alpha value is -1.62. The van der Waals surface area contributed by atoms with Crippen molar-refractivity contribution in [1.29, 1.82) is 0 Å². The average molecular weight is 206 g/mol. The van der Waals surface area contributed by atoms with Crippen molar-refractivity contribution in [1.82, 2.24) is 20.5 Å². The van der Waals surface area contributed by atoms with Crippen LogP contribution in [0.25, 0.3) is 0 Å². The second-order valence-corrected chi connectivity index (χ2v) is 3.46. The molecule has 0 spiro atoms. The maximum Gasteiger partial charge on any atom is 0.164 e. The van der Waals surface area contributed by atoms with E-state index in [2.05, 4.69) is 20.5 Å². The molecule has 0 saturated heterocycles. The van der Waals surface area contributed by atoms with Gasteiger partial charge in [0.15, 0.2) is 5.82 Å². The van der Waals surface area contributed by atoms with Gasteiger partial charge in [0.2, 0.25) is 0 Å². The Morgan fingerprint density at radius 1 is 1.60 bits per heavy atom. The van der Waals surface area contributed by atoms with Gasteiger partial charge in [0.05, 0.1) is 18.8 Å². The normalized spacial score (nSPS) is 12.9. The number of H-pyrrole nitrogens is 1. The van der Waals surface area contributed by atoms with Crippen LogP contribution in [-0.4, -0.2) is 15.2 Å². The summed E-state index contributed by atoms with van der Waals surface area (Å²) in [4.78, 5) is 4.20. The molecule has 1 atom stereocenters. The number of aromatic nitrogens is 3. The van der Waals surface area contributed by atoms with Gasteiger partial charge in [-0.25, -0.2) is 4.98 Å². The van der Waals surface area contributed by atoms with Crippen LogP contribution in [0.2, 0.25) is 0 Å². The number of aromatic amines is 1. The third-order valence-electron chi connectivity index (χ3n) is 2.18. The molecule has 0 radical (unpaired) electrons. The maximum absolute atomic E-state index is 5.28. The maximum atomic E-state index is 5.28. The summed E-state index contributed by atoms with van der Waals surface area (Å²) in [7, 11) is 0. The van der Waals surface area contributed by atoms with Gasteiger partial charge in [0, 0.05) is 0 Å². The second kappa shape index (κ2) is 4.27. The van der Waals surface area contributed by atoms with E-state index in [4.69, 9.17) is 4.42 Å². The summed E-state index contributed by atoms with van der Waals surface area (Å²) in [5, 5.41) is 10.1. The third-order valence-corrected chi connectivity index (χ3v) is 2.18. The first-order chi connectivity index (χ1) is 7.25. The first-order valence-corrected chi connectivity index (χ1v) is 4.90. The third kappa shape index (κ3) is 2.44. The predicted molar refractivity (Wildman–Crippen MR) is 55.1 cm³/mol. The van der Waals surface area contributed by atoms with Crippen molar-refractivity contribution in [3.05, 3.63) is 35.8 Å². The zero-order valence-corrected chi connectivity index (χ0v) is 8.82. The highest BCUT2D eigenvalue weighted by molar-refractivity contribution is 5.03. The molecule has 0 aliphatic heterocycles. The zero-order chi connectivity index (χ0) is 10.7. The van der Waals surface area contributed by atoms with Crippen molar-refractivity contribution >= 4 is 0 Å². The molecule has 1 unspecified atom stereocenters. The largest absolute Gasteiger partial charge is 0.468 e. The van der Waals surface area contributed by atoms with E-state index in [1.807, 2.05) is 26.0 Å². The molecule has 0 bridgehead atoms. The Morgan fingerprint density at radius 3 is 3.07 bits per heavy atom. The average Bonchev–Trinajstić information content (AvgIpc) is 2.84. The van der Waals surface area contributed by atoms with Gasteiger partial charge < -0.3 is 9.73 Å². The Balaban J connectivity index is 1.88. The lowest BCUT2D eigenvalue weighted by Gasteiger charge is -2.08. The number of furan rings is 1. The minimum atomic E-state index is 0.166. The summed E-state index contributed by atoms with van der Waals surface area (Å²) in [5.74, 6) is 2.52. The van der Waals surface area contributed by atoms with Crippen molar-refractivity contribution in [2.45, 2.75) is 26.4 Å². The molecule has 0 aliphatic carbocycles. The molecule has 0 saturated carbocycles. The molecule has 2 N–H and O–H groups in total. The SMILES string of the molecule is Cc1nc(CNC(C)c2ccco2)n[nH]1. The molecular weight excluding hydrogens is 192 g/mol. The fourth-order valence-electron chi connectivity index (χ4n) is 1.35. The smallest absolute Gasteiger partial charge is 0.164 e. The number of aryl methyl sites for hydroxylation is 1. The lowest BCUT2D eigenvalue weighted by Crippen LogP contribution is -2.18. The van der Waals surface area contributed by atoms with Gasteiger partial charge >= 0.3 is 0 Å². The molecule has 2 aromatic rings. The molecule has 0 amide bonds. The summed E-state index contributed by atoms with van der Waals surface area (Å²) in [6, 6.07) is 3.99. The van der Waals surface area contributed by atoms with Crippen LogP contribution in [0.5, 0.6) is 0 Å². The van der Waals surface area contributed by atoms with Crippen molar-refractivity contribution in [3.8, 4) is 0 Å². The molecule has 0 aliphatic rings. The fourth-order valence-corrected chi connectivity index (χ4v) is 1.35. The highest BCUT2D eigenvalue weighted by atomic mass is 16.3. The van der Waals surface area contributed by atoms with Crippen LogP contribution in [0.4, 0.5) is 0 Å². The van der Waals surface area contributed by atoms with Crippen LogP contribution in [0.15, 0.2) is 22.8 Å². The van der Waals surface area contributed by atoms with Crippen LogP contribution in [0.1, 0.15) is 30.4 Å². The number of nitrogens with zero attached hydrogens (tertiary/aromatic N) is 2. The van der Waals surface area contributed by atoms with E-state index in [1.165, 1.54) is 0 Å². The highest BCUT2D eigenvalue weighted by Crippen LogP contribution is 2.12. The number of nitrogens with one attached hydrogen (secondary N) is 2. The van der Waals surface area contributed by atoms with Gasteiger partial charge in [0.1, 0.15) is 11.6 Å². The monoisotopic (exact) mass is 206 g/mol. The molecule has 15 heavy (non-hydrogen) atoms. The summed E-state index contributed by atoms with van der Waals surface area (Å²) in [5.41, 5.74) is 0. The molecule has 2 heterocycles. The molecule has 80 valence electrons. The minimum Gasteiger partial charge on any atom is -0.468 e. The molecular formula is C10H14N4O. The topological polar surface area (TPSA) is 66.7 Å². The fraction of sp³-hybridized carbons (Fsp3) is 0.400. The lowest BCUT2D eigenvalue weighted by molar-refractivity contribution is 0.427. The summed E-state index contributed by atoms with van der Waals surface area (Å²) in [6.45, 7) is 4.55. The number of rotatable bonds is 4. The van der Waals surface area contributed by atoms with Gasteiger partial charge in [-0.2, -0.15) is 5.10 Å². The van der Waals surface area contributed by atoms with Gasteiger partial charge in [0.25, 0.3) is 0 Å². The van der Waals surface area contributed by atoms with E-state index in [-0.39, 0.29) is 6.04 Å². The minimum absolute atomic E-state index is 0.166. The molecule has 2 rings (SSSR count).